The summed E-state index contributed by atoms with van der Waals surface area (Å²) in [6.45, 7) is 2.27. The molecule has 0 radical (unpaired) electrons. The average molecular weight is 221 g/mol. The predicted octanol–water partition coefficient (Wildman–Crippen LogP) is 1.70. The van der Waals surface area contributed by atoms with Crippen LogP contribution in [-0.4, -0.2) is 23.1 Å². The van der Waals surface area contributed by atoms with Crippen LogP contribution in [0.15, 0.2) is 6.07 Å². The molecule has 1 aliphatic rings. The summed E-state index contributed by atoms with van der Waals surface area (Å²) in [5, 5.41) is 6.41. The average Bonchev–Trinajstić information content (AvgIpc) is 2.63. The van der Waals surface area contributed by atoms with E-state index >= 15 is 0 Å². The second-order valence-electron chi connectivity index (χ2n) is 4.41. The summed E-state index contributed by atoms with van der Waals surface area (Å²) < 4.78 is 0. The van der Waals surface area contributed by atoms with Crippen LogP contribution in [0.2, 0.25) is 0 Å². The monoisotopic (exact) mass is 221 g/mol. The largest absolute Gasteiger partial charge is 0.373 e. The van der Waals surface area contributed by atoms with Gasteiger partial charge in [0, 0.05) is 19.2 Å². The van der Waals surface area contributed by atoms with Gasteiger partial charge in [-0.3, -0.25) is 0 Å². The first-order valence-corrected chi connectivity index (χ1v) is 5.78. The highest BCUT2D eigenvalue weighted by atomic mass is 15.1. The van der Waals surface area contributed by atoms with Crippen LogP contribution in [-0.2, 0) is 0 Å². The Morgan fingerprint density at radius 3 is 2.69 bits per heavy atom. The molecule has 5 heteroatoms. The topological polar surface area (TPSA) is 75.9 Å². The minimum Gasteiger partial charge on any atom is -0.373 e. The summed E-state index contributed by atoms with van der Waals surface area (Å²) in [5.41, 5.74) is 5.64. The summed E-state index contributed by atoms with van der Waals surface area (Å²) >= 11 is 0. The van der Waals surface area contributed by atoms with Crippen LogP contribution >= 0.6 is 0 Å². The minimum absolute atomic E-state index is 0.306. The first kappa shape index (κ1) is 11.0. The van der Waals surface area contributed by atoms with Crippen LogP contribution < -0.4 is 16.4 Å². The second-order valence-corrected chi connectivity index (χ2v) is 4.41. The van der Waals surface area contributed by atoms with E-state index < -0.39 is 0 Å². The van der Waals surface area contributed by atoms with Gasteiger partial charge in [0.25, 0.3) is 0 Å². The fourth-order valence-corrected chi connectivity index (χ4v) is 2.22. The van der Waals surface area contributed by atoms with E-state index in [1.165, 1.54) is 19.3 Å². The molecular formula is C11H19N5. The lowest BCUT2D eigenvalue weighted by molar-refractivity contribution is 0.555. The van der Waals surface area contributed by atoms with Crippen LogP contribution in [0.5, 0.6) is 0 Å². The molecule has 0 bridgehead atoms. The van der Waals surface area contributed by atoms with E-state index in [2.05, 4.69) is 27.5 Å². The van der Waals surface area contributed by atoms with Crippen molar-refractivity contribution in [2.75, 3.05) is 23.4 Å². The normalized spacial score (nSPS) is 24.4. The Morgan fingerprint density at radius 2 is 2.06 bits per heavy atom. The number of nitrogen functional groups attached to an aromatic ring is 1. The van der Waals surface area contributed by atoms with Crippen molar-refractivity contribution in [3.05, 3.63) is 6.07 Å². The van der Waals surface area contributed by atoms with Crippen LogP contribution in [0.3, 0.4) is 0 Å². The van der Waals surface area contributed by atoms with Gasteiger partial charge in [-0.25, -0.2) is 0 Å². The molecular weight excluding hydrogens is 202 g/mol. The van der Waals surface area contributed by atoms with Gasteiger partial charge in [-0.1, -0.05) is 13.3 Å². The number of rotatable bonds is 3. The highest BCUT2D eigenvalue weighted by molar-refractivity contribution is 5.51. The highest BCUT2D eigenvalue weighted by Crippen LogP contribution is 2.27. The maximum Gasteiger partial charge on any atom is 0.223 e. The smallest absolute Gasteiger partial charge is 0.223 e. The quantitative estimate of drug-likeness (QED) is 0.724. The lowest BCUT2D eigenvalue weighted by Gasteiger charge is -2.18. The van der Waals surface area contributed by atoms with E-state index in [0.717, 1.165) is 11.6 Å². The van der Waals surface area contributed by atoms with Crippen LogP contribution in [0.1, 0.15) is 26.2 Å². The van der Waals surface area contributed by atoms with Gasteiger partial charge in [-0.05, 0) is 18.8 Å². The highest BCUT2D eigenvalue weighted by Gasteiger charge is 2.23. The lowest BCUT2D eigenvalue weighted by atomic mass is 10.1. The summed E-state index contributed by atoms with van der Waals surface area (Å²) in [4.78, 5) is 8.26. The number of nitrogens with two attached hydrogens (primary N) is 1. The van der Waals surface area contributed by atoms with Crippen molar-refractivity contribution in [3.63, 3.8) is 0 Å². The number of nitrogens with one attached hydrogen (secondary N) is 2. The maximum absolute atomic E-state index is 5.64. The molecule has 0 aromatic carbocycles. The molecule has 0 aliphatic heterocycles. The number of nitrogens with zero attached hydrogens (tertiary/aromatic N) is 2. The lowest BCUT2D eigenvalue weighted by Crippen LogP contribution is -2.22. The standard InChI is InChI=1S/C11H19N5/c1-7-4-3-5-8(7)14-10-6-9(13-2)15-11(12)16-10/h6-8H,3-5H2,1-2H3,(H4,12,13,14,15,16). The number of hydrogen-bond acceptors (Lipinski definition) is 5. The van der Waals surface area contributed by atoms with E-state index in [1.54, 1.807) is 0 Å². The van der Waals surface area contributed by atoms with Crippen molar-refractivity contribution >= 4 is 17.6 Å². The van der Waals surface area contributed by atoms with Crippen molar-refractivity contribution < 1.29 is 0 Å². The maximum atomic E-state index is 5.64. The Balaban J connectivity index is 2.11. The van der Waals surface area contributed by atoms with E-state index in [4.69, 9.17) is 5.73 Å². The zero-order valence-corrected chi connectivity index (χ0v) is 9.83. The van der Waals surface area contributed by atoms with Gasteiger partial charge in [0.05, 0.1) is 0 Å². The van der Waals surface area contributed by atoms with Gasteiger partial charge in [-0.2, -0.15) is 9.97 Å². The first-order valence-electron chi connectivity index (χ1n) is 5.78. The van der Waals surface area contributed by atoms with Gasteiger partial charge in [0.15, 0.2) is 0 Å². The predicted molar refractivity (Wildman–Crippen MR) is 66.4 cm³/mol. The molecule has 1 saturated carbocycles. The summed E-state index contributed by atoms with van der Waals surface area (Å²) in [6.07, 6.45) is 3.79. The molecule has 4 N–H and O–H groups in total. The molecule has 88 valence electrons. The molecule has 1 aliphatic carbocycles. The number of anilines is 3. The molecule has 16 heavy (non-hydrogen) atoms. The van der Waals surface area contributed by atoms with Crippen LogP contribution in [0, 0.1) is 5.92 Å². The molecule has 1 heterocycles. The van der Waals surface area contributed by atoms with Crippen LogP contribution in [0.4, 0.5) is 17.6 Å². The van der Waals surface area contributed by atoms with Crippen molar-refractivity contribution in [3.8, 4) is 0 Å². The van der Waals surface area contributed by atoms with Gasteiger partial charge in [-0.15, -0.1) is 0 Å². The number of hydrogen-bond donors (Lipinski definition) is 3. The fraction of sp³-hybridized carbons (Fsp3) is 0.636. The van der Waals surface area contributed by atoms with Crippen molar-refractivity contribution in [1.82, 2.24) is 9.97 Å². The molecule has 2 unspecified atom stereocenters. The molecule has 1 aromatic rings. The summed E-state index contributed by atoms with van der Waals surface area (Å²) in [6, 6.07) is 2.40. The van der Waals surface area contributed by atoms with Crippen molar-refractivity contribution in [2.45, 2.75) is 32.2 Å². The zero-order valence-electron chi connectivity index (χ0n) is 9.83. The minimum atomic E-state index is 0.306. The Labute approximate surface area is 95.9 Å². The molecule has 1 aromatic heterocycles. The molecule has 0 saturated heterocycles. The van der Waals surface area contributed by atoms with Gasteiger partial charge in [0.2, 0.25) is 5.95 Å². The van der Waals surface area contributed by atoms with Gasteiger partial charge < -0.3 is 16.4 Å². The van der Waals surface area contributed by atoms with E-state index in [1.807, 2.05) is 13.1 Å². The summed E-state index contributed by atoms with van der Waals surface area (Å²) in [7, 11) is 1.82. The number of aromatic nitrogens is 2. The van der Waals surface area contributed by atoms with Crippen LogP contribution in [0.25, 0.3) is 0 Å². The SMILES string of the molecule is CNc1cc(NC2CCCC2C)nc(N)n1. The van der Waals surface area contributed by atoms with E-state index in [0.29, 0.717) is 17.9 Å². The second kappa shape index (κ2) is 4.55. The third-order valence-corrected chi connectivity index (χ3v) is 3.19. The van der Waals surface area contributed by atoms with E-state index in [9.17, 15) is 0 Å². The third-order valence-electron chi connectivity index (χ3n) is 3.19. The molecule has 5 nitrogen and oxygen atoms in total. The summed E-state index contributed by atoms with van der Waals surface area (Å²) in [5.74, 6) is 2.57. The third kappa shape index (κ3) is 2.35. The Morgan fingerprint density at radius 1 is 1.31 bits per heavy atom. The van der Waals surface area contributed by atoms with Gasteiger partial charge in [0.1, 0.15) is 11.6 Å². The van der Waals surface area contributed by atoms with Crippen molar-refractivity contribution in [1.29, 1.82) is 0 Å². The molecule has 2 rings (SSSR count). The molecule has 1 fully saturated rings. The Bertz CT molecular complexity index is 365. The van der Waals surface area contributed by atoms with E-state index in [-0.39, 0.29) is 0 Å². The first-order chi connectivity index (χ1) is 7.69. The molecule has 0 amide bonds. The Hall–Kier alpha value is -1.52. The fourth-order valence-electron chi connectivity index (χ4n) is 2.22. The van der Waals surface area contributed by atoms with Gasteiger partial charge >= 0.3 is 0 Å². The zero-order chi connectivity index (χ0) is 11.5. The molecule has 2 atom stereocenters. The Kier molecular flexibility index (Phi) is 3.12. The van der Waals surface area contributed by atoms with Crippen molar-refractivity contribution in [2.24, 2.45) is 5.92 Å². The molecule has 0 spiro atoms.